The molecule has 3 rings (SSSR count). The second-order valence-corrected chi connectivity index (χ2v) is 4.39. The third-order valence-electron chi connectivity index (χ3n) is 3.30. The highest BCUT2D eigenvalue weighted by Crippen LogP contribution is 2.34. The molecule has 1 aliphatic carbocycles. The molecule has 1 aliphatic rings. The largest absolute Gasteiger partial charge is 0.367 e. The van der Waals surface area contributed by atoms with Crippen LogP contribution in [0.25, 0.3) is 0 Å². The van der Waals surface area contributed by atoms with Gasteiger partial charge in [0.1, 0.15) is 0 Å². The zero-order valence-electron chi connectivity index (χ0n) is 9.44. The van der Waals surface area contributed by atoms with Crippen molar-refractivity contribution < 1.29 is 4.79 Å². The van der Waals surface area contributed by atoms with Crippen LogP contribution in [0.5, 0.6) is 0 Å². The van der Waals surface area contributed by atoms with E-state index in [9.17, 15) is 4.79 Å². The van der Waals surface area contributed by atoms with Gasteiger partial charge in [0.25, 0.3) is 0 Å². The van der Waals surface area contributed by atoms with Crippen LogP contribution >= 0.6 is 0 Å². The first-order chi connectivity index (χ1) is 8.34. The number of hydrogen-bond acceptors (Lipinski definition) is 1. The monoisotopic (exact) mass is 226 g/mol. The Balaban J connectivity index is 1.62. The van der Waals surface area contributed by atoms with Crippen LogP contribution in [-0.2, 0) is 17.8 Å². The number of aromatic amines is 1. The zero-order valence-corrected chi connectivity index (χ0v) is 9.44. The maximum atomic E-state index is 12.0. The molecule has 0 fully saturated rings. The normalized spacial score (nSPS) is 17.1. The molecule has 1 aromatic heterocycles. The van der Waals surface area contributed by atoms with E-state index in [-0.39, 0.29) is 11.8 Å². The van der Waals surface area contributed by atoms with Gasteiger partial charge in [0.05, 0.1) is 5.92 Å². The highest BCUT2D eigenvalue weighted by molar-refractivity contribution is 5.86. The summed E-state index contributed by atoms with van der Waals surface area (Å²) in [5.41, 5.74) is 3.58. The maximum absolute atomic E-state index is 12.0. The second-order valence-electron chi connectivity index (χ2n) is 4.39. The summed E-state index contributed by atoms with van der Waals surface area (Å²) in [6, 6.07) is 10.1. The third kappa shape index (κ3) is 1.84. The summed E-state index contributed by atoms with van der Waals surface area (Å²) >= 11 is 0. The molecule has 3 heteroatoms. The summed E-state index contributed by atoms with van der Waals surface area (Å²) < 4.78 is 0. The summed E-state index contributed by atoms with van der Waals surface area (Å²) in [5, 5.41) is 2.97. The van der Waals surface area contributed by atoms with E-state index in [2.05, 4.69) is 16.4 Å². The van der Waals surface area contributed by atoms with Crippen molar-refractivity contribution in [2.45, 2.75) is 18.9 Å². The van der Waals surface area contributed by atoms with E-state index in [1.807, 2.05) is 36.7 Å². The smallest absolute Gasteiger partial charge is 0.228 e. The molecule has 1 aromatic carbocycles. The first-order valence-corrected chi connectivity index (χ1v) is 5.82. The topological polar surface area (TPSA) is 44.9 Å². The summed E-state index contributed by atoms with van der Waals surface area (Å²) in [5.74, 6) is 0.176. The summed E-state index contributed by atoms with van der Waals surface area (Å²) in [6.45, 7) is 0.598. The lowest BCUT2D eigenvalue weighted by Crippen LogP contribution is -2.34. The number of carbonyl (C=O) groups is 1. The number of carbonyl (C=O) groups excluding carboxylic acids is 1. The third-order valence-corrected chi connectivity index (χ3v) is 3.30. The van der Waals surface area contributed by atoms with Crippen LogP contribution in [-0.4, -0.2) is 10.9 Å². The Hall–Kier alpha value is -2.03. The molecule has 17 heavy (non-hydrogen) atoms. The van der Waals surface area contributed by atoms with Crippen molar-refractivity contribution in [1.29, 1.82) is 0 Å². The van der Waals surface area contributed by atoms with Crippen molar-refractivity contribution in [3.8, 4) is 0 Å². The Labute approximate surface area is 99.9 Å². The summed E-state index contributed by atoms with van der Waals surface area (Å²) in [4.78, 5) is 14.9. The Morgan fingerprint density at radius 2 is 2.24 bits per heavy atom. The fraction of sp³-hybridized carbons (Fsp3) is 0.214. The average Bonchev–Trinajstić information content (AvgIpc) is 2.81. The van der Waals surface area contributed by atoms with Crippen LogP contribution in [0.2, 0.25) is 0 Å². The Bertz CT molecular complexity index is 531. The number of nitrogens with one attached hydrogen (secondary N) is 2. The predicted octanol–water partition coefficient (Wildman–Crippen LogP) is 1.97. The number of benzene rings is 1. The van der Waals surface area contributed by atoms with E-state index in [0.29, 0.717) is 6.54 Å². The molecule has 2 N–H and O–H groups in total. The van der Waals surface area contributed by atoms with E-state index in [4.69, 9.17) is 0 Å². The molecular weight excluding hydrogens is 212 g/mol. The van der Waals surface area contributed by atoms with E-state index < -0.39 is 0 Å². The van der Waals surface area contributed by atoms with Crippen LogP contribution < -0.4 is 5.32 Å². The van der Waals surface area contributed by atoms with Gasteiger partial charge in [-0.3, -0.25) is 4.79 Å². The molecule has 1 amide bonds. The van der Waals surface area contributed by atoms with Crippen LogP contribution in [0.3, 0.4) is 0 Å². The zero-order chi connectivity index (χ0) is 11.7. The quantitative estimate of drug-likeness (QED) is 0.825. The molecule has 0 spiro atoms. The fourth-order valence-corrected chi connectivity index (χ4v) is 2.27. The van der Waals surface area contributed by atoms with Gasteiger partial charge in [0, 0.05) is 18.9 Å². The maximum Gasteiger partial charge on any atom is 0.228 e. The van der Waals surface area contributed by atoms with Crippen molar-refractivity contribution >= 4 is 5.91 Å². The lowest BCUT2D eigenvalue weighted by Gasteiger charge is -2.28. The van der Waals surface area contributed by atoms with Gasteiger partial charge >= 0.3 is 0 Å². The Morgan fingerprint density at radius 3 is 3.00 bits per heavy atom. The SMILES string of the molecule is O=C(NCc1cc[nH]c1)C1Cc2ccccc21. The highest BCUT2D eigenvalue weighted by atomic mass is 16.1. The molecule has 0 saturated carbocycles. The van der Waals surface area contributed by atoms with E-state index in [0.717, 1.165) is 12.0 Å². The molecular formula is C14H14N2O. The van der Waals surface area contributed by atoms with Gasteiger partial charge in [0.2, 0.25) is 5.91 Å². The minimum Gasteiger partial charge on any atom is -0.367 e. The number of amides is 1. The molecule has 0 bridgehead atoms. The summed E-state index contributed by atoms with van der Waals surface area (Å²) in [6.07, 6.45) is 4.63. The van der Waals surface area contributed by atoms with Gasteiger partial charge in [-0.1, -0.05) is 24.3 Å². The highest BCUT2D eigenvalue weighted by Gasteiger charge is 2.31. The van der Waals surface area contributed by atoms with Crippen LogP contribution in [0.15, 0.2) is 42.7 Å². The van der Waals surface area contributed by atoms with Gasteiger partial charge in [-0.2, -0.15) is 0 Å². The van der Waals surface area contributed by atoms with E-state index in [1.165, 1.54) is 11.1 Å². The fourth-order valence-electron chi connectivity index (χ4n) is 2.27. The molecule has 3 nitrogen and oxygen atoms in total. The molecule has 1 atom stereocenters. The first-order valence-electron chi connectivity index (χ1n) is 5.82. The number of aromatic nitrogens is 1. The minimum absolute atomic E-state index is 0.0464. The molecule has 0 radical (unpaired) electrons. The lowest BCUT2D eigenvalue weighted by molar-refractivity contribution is -0.123. The van der Waals surface area contributed by atoms with Crippen molar-refractivity contribution in [1.82, 2.24) is 10.3 Å². The molecule has 0 saturated heterocycles. The molecule has 0 aliphatic heterocycles. The van der Waals surface area contributed by atoms with Crippen LogP contribution in [0, 0.1) is 0 Å². The Morgan fingerprint density at radius 1 is 1.35 bits per heavy atom. The van der Waals surface area contributed by atoms with E-state index >= 15 is 0 Å². The minimum atomic E-state index is 0.0464. The average molecular weight is 226 g/mol. The molecule has 2 aromatic rings. The summed E-state index contributed by atoms with van der Waals surface area (Å²) in [7, 11) is 0. The molecule has 86 valence electrons. The standard InChI is InChI=1S/C14H14N2O/c17-14(16-9-10-5-6-15-8-10)13-7-11-3-1-2-4-12(11)13/h1-6,8,13,15H,7,9H2,(H,16,17). The van der Waals surface area contributed by atoms with Gasteiger partial charge in [-0.25, -0.2) is 0 Å². The van der Waals surface area contributed by atoms with Crippen molar-refractivity contribution in [3.05, 3.63) is 59.4 Å². The first kappa shape index (κ1) is 10.1. The predicted molar refractivity (Wildman–Crippen MR) is 65.5 cm³/mol. The molecule has 1 unspecified atom stereocenters. The van der Waals surface area contributed by atoms with E-state index in [1.54, 1.807) is 0 Å². The van der Waals surface area contributed by atoms with Gasteiger partial charge in [0.15, 0.2) is 0 Å². The Kier molecular flexibility index (Phi) is 2.44. The number of hydrogen-bond donors (Lipinski definition) is 2. The number of fused-ring (bicyclic) bond motifs is 1. The van der Waals surface area contributed by atoms with Crippen molar-refractivity contribution in [2.24, 2.45) is 0 Å². The van der Waals surface area contributed by atoms with Gasteiger partial charge in [-0.15, -0.1) is 0 Å². The van der Waals surface area contributed by atoms with Crippen LogP contribution in [0.1, 0.15) is 22.6 Å². The van der Waals surface area contributed by atoms with Gasteiger partial charge < -0.3 is 10.3 Å². The molecule has 1 heterocycles. The second kappa shape index (κ2) is 4.09. The van der Waals surface area contributed by atoms with Crippen LogP contribution in [0.4, 0.5) is 0 Å². The van der Waals surface area contributed by atoms with Crippen molar-refractivity contribution in [2.75, 3.05) is 0 Å². The number of H-pyrrole nitrogens is 1. The van der Waals surface area contributed by atoms with Gasteiger partial charge in [-0.05, 0) is 29.2 Å². The number of rotatable bonds is 3. The van der Waals surface area contributed by atoms with Crippen molar-refractivity contribution in [3.63, 3.8) is 0 Å². The lowest BCUT2D eigenvalue weighted by atomic mass is 9.77.